The molecule has 0 aromatic rings. The van der Waals surface area contributed by atoms with E-state index in [1.165, 1.54) is 0 Å². The minimum Gasteiger partial charge on any atom is -0.394 e. The predicted octanol–water partition coefficient (Wildman–Crippen LogP) is -7.94. The molecule has 0 aromatic carbocycles. The molecule has 3 aliphatic rings. The molecule has 20 heteroatoms. The summed E-state index contributed by atoms with van der Waals surface area (Å²) in [6.45, 7) is -0.763. The maximum atomic E-state index is 10.9. The van der Waals surface area contributed by atoms with Crippen LogP contribution in [0.25, 0.3) is 0 Å². The third-order valence-corrected chi connectivity index (χ3v) is 6.48. The molecule has 17 N–H and O–H groups in total. The SMILES string of the molecule is NC[C@H]1OC(O[C@H]2[C@H](O)[C@@H](O[C@H]3O[C@H](CO)[C@@H](O)[C@H](N)[C@H]3O)[C@H](N)C[C@@H]2N)[C@H](O)[C@@H](O)[C@@H]1O.O=S(=O)(O)O. The number of hydrogen-bond acceptors (Lipinski definition) is 17. The molecule has 1 saturated carbocycles. The maximum Gasteiger partial charge on any atom is 0.394 e. The molecule has 3 fully saturated rings. The second kappa shape index (κ2) is 13.8. The zero-order valence-electron chi connectivity index (χ0n) is 20.0. The molecular weight excluding hydrogens is 544 g/mol. The minimum absolute atomic E-state index is 0.0849. The fraction of sp³-hybridized carbons (Fsp3) is 1.00. The van der Waals surface area contributed by atoms with Crippen molar-refractivity contribution in [3.05, 3.63) is 0 Å². The van der Waals surface area contributed by atoms with Crippen molar-refractivity contribution < 1.29 is 72.2 Å². The number of nitrogens with two attached hydrogens (primary N) is 4. The van der Waals surface area contributed by atoms with E-state index in [4.69, 9.17) is 59.4 Å². The summed E-state index contributed by atoms with van der Waals surface area (Å²) in [5, 5.41) is 70.9. The van der Waals surface area contributed by atoms with E-state index in [0.29, 0.717) is 0 Å². The molecule has 2 aliphatic heterocycles. The van der Waals surface area contributed by atoms with Gasteiger partial charge in [0.2, 0.25) is 0 Å². The maximum absolute atomic E-state index is 10.9. The molecule has 1 unspecified atom stereocenters. The van der Waals surface area contributed by atoms with Gasteiger partial charge in [-0.15, -0.1) is 0 Å². The second-order valence-corrected chi connectivity index (χ2v) is 10.1. The van der Waals surface area contributed by atoms with E-state index in [1.54, 1.807) is 0 Å². The fourth-order valence-corrected chi connectivity index (χ4v) is 4.40. The molecule has 1 aliphatic carbocycles. The Bertz CT molecular complexity index is 783. The molecule has 38 heavy (non-hydrogen) atoms. The molecular formula is C18H38N4O15S. The molecule has 15 atom stereocenters. The average Bonchev–Trinajstić information content (AvgIpc) is 2.83. The van der Waals surface area contributed by atoms with Gasteiger partial charge in [0.05, 0.1) is 12.6 Å². The number of aliphatic hydroxyl groups excluding tert-OH is 7. The molecule has 226 valence electrons. The van der Waals surface area contributed by atoms with Crippen molar-refractivity contribution in [2.75, 3.05) is 13.2 Å². The Labute approximate surface area is 217 Å². The lowest BCUT2D eigenvalue weighted by molar-refractivity contribution is -0.332. The van der Waals surface area contributed by atoms with Gasteiger partial charge in [-0.3, -0.25) is 9.11 Å². The molecule has 19 nitrogen and oxygen atoms in total. The van der Waals surface area contributed by atoms with E-state index in [-0.39, 0.29) is 13.0 Å². The Hall–Kier alpha value is -0.730. The van der Waals surface area contributed by atoms with Crippen LogP contribution >= 0.6 is 0 Å². The highest BCUT2D eigenvalue weighted by Gasteiger charge is 2.51. The molecule has 2 heterocycles. The predicted molar refractivity (Wildman–Crippen MR) is 122 cm³/mol. The Kier molecular flexibility index (Phi) is 12.1. The minimum atomic E-state index is -4.67. The summed E-state index contributed by atoms with van der Waals surface area (Å²) < 4.78 is 53.8. The van der Waals surface area contributed by atoms with Crippen LogP contribution in [-0.4, -0.2) is 158 Å². The topological polar surface area (TPSA) is 357 Å². The standard InChI is InChI=1S/C18H36N4O11.H2O4S/c19-2-6-10(25)12(27)13(28)18(30-6)33-16-5(21)1-4(20)15(14(16)29)32-17-11(26)8(22)9(24)7(3-23)31-17;1-5(2,3)4/h4-18,23-29H,1-3,19-22H2;(H2,1,2,3,4)/t4-,5+,6-,7-,8+,9-,10-,11-,12+,13-,14-,15+,16-,17-,18?;/m1./s1. The van der Waals surface area contributed by atoms with Gasteiger partial charge in [-0.1, -0.05) is 0 Å². The van der Waals surface area contributed by atoms with Crippen molar-refractivity contribution in [2.24, 2.45) is 22.9 Å². The molecule has 3 rings (SSSR count). The van der Waals surface area contributed by atoms with E-state index in [2.05, 4.69) is 0 Å². The van der Waals surface area contributed by atoms with E-state index in [9.17, 15) is 35.7 Å². The number of hydrogen-bond donors (Lipinski definition) is 13. The van der Waals surface area contributed by atoms with E-state index in [0.717, 1.165) is 0 Å². The van der Waals surface area contributed by atoms with Crippen LogP contribution in [0.5, 0.6) is 0 Å². The Balaban J connectivity index is 0.000000926. The van der Waals surface area contributed by atoms with Crippen LogP contribution in [-0.2, 0) is 29.3 Å². The van der Waals surface area contributed by atoms with Crippen LogP contribution in [0, 0.1) is 0 Å². The average molecular weight is 583 g/mol. The molecule has 0 bridgehead atoms. The van der Waals surface area contributed by atoms with Gasteiger partial charge in [-0.05, 0) is 6.42 Å². The van der Waals surface area contributed by atoms with Gasteiger partial charge in [-0.25, -0.2) is 0 Å². The molecule has 0 spiro atoms. The van der Waals surface area contributed by atoms with Gasteiger partial charge in [-0.2, -0.15) is 8.42 Å². The van der Waals surface area contributed by atoms with E-state index in [1.807, 2.05) is 0 Å². The summed E-state index contributed by atoms with van der Waals surface area (Å²) in [5.74, 6) is 0. The quantitative estimate of drug-likeness (QED) is 0.129. The zero-order chi connectivity index (χ0) is 29.1. The first kappa shape index (κ1) is 33.5. The summed E-state index contributed by atoms with van der Waals surface area (Å²) in [5.41, 5.74) is 23.5. The fourth-order valence-electron chi connectivity index (χ4n) is 4.40. The van der Waals surface area contributed by atoms with Crippen molar-refractivity contribution >= 4 is 10.4 Å². The Morgan fingerprint density at radius 3 is 1.61 bits per heavy atom. The highest BCUT2D eigenvalue weighted by atomic mass is 32.3. The smallest absolute Gasteiger partial charge is 0.394 e. The summed E-state index contributed by atoms with van der Waals surface area (Å²) >= 11 is 0. The summed E-state index contributed by atoms with van der Waals surface area (Å²) in [4.78, 5) is 0. The van der Waals surface area contributed by atoms with Crippen molar-refractivity contribution in [1.82, 2.24) is 0 Å². The normalized spacial score (nSPS) is 48.2. The van der Waals surface area contributed by atoms with Crippen molar-refractivity contribution in [3.63, 3.8) is 0 Å². The first-order chi connectivity index (χ1) is 17.5. The summed E-state index contributed by atoms with van der Waals surface area (Å²) in [6.07, 6.45) is -16.5. The highest BCUT2D eigenvalue weighted by molar-refractivity contribution is 7.79. The summed E-state index contributed by atoms with van der Waals surface area (Å²) in [6, 6.07) is -2.86. The lowest BCUT2D eigenvalue weighted by Gasteiger charge is -2.48. The van der Waals surface area contributed by atoms with E-state index >= 15 is 0 Å². The van der Waals surface area contributed by atoms with Crippen molar-refractivity contribution in [1.29, 1.82) is 0 Å². The van der Waals surface area contributed by atoms with Gasteiger partial charge >= 0.3 is 10.4 Å². The van der Waals surface area contributed by atoms with Gasteiger partial charge < -0.3 is 77.6 Å². The van der Waals surface area contributed by atoms with Gasteiger partial charge in [0, 0.05) is 18.6 Å². The third kappa shape index (κ3) is 8.15. The number of rotatable bonds is 6. The van der Waals surface area contributed by atoms with Gasteiger partial charge in [0.1, 0.15) is 61.0 Å². The molecule has 2 saturated heterocycles. The van der Waals surface area contributed by atoms with Gasteiger partial charge in [0.15, 0.2) is 12.6 Å². The van der Waals surface area contributed by atoms with Crippen LogP contribution in [0.3, 0.4) is 0 Å². The first-order valence-corrected chi connectivity index (χ1v) is 12.9. The second-order valence-electron chi connectivity index (χ2n) is 9.24. The van der Waals surface area contributed by atoms with Gasteiger partial charge in [0.25, 0.3) is 0 Å². The Morgan fingerprint density at radius 2 is 1.16 bits per heavy atom. The number of ether oxygens (including phenoxy) is 4. The highest BCUT2D eigenvalue weighted by Crippen LogP contribution is 2.31. The van der Waals surface area contributed by atoms with Crippen molar-refractivity contribution in [2.45, 2.75) is 98.2 Å². The lowest BCUT2D eigenvalue weighted by Crippen LogP contribution is -2.68. The molecule has 0 aromatic heterocycles. The van der Waals surface area contributed by atoms with Crippen LogP contribution in [0.4, 0.5) is 0 Å². The van der Waals surface area contributed by atoms with Crippen LogP contribution in [0.2, 0.25) is 0 Å². The molecule has 0 radical (unpaired) electrons. The van der Waals surface area contributed by atoms with Crippen LogP contribution < -0.4 is 22.9 Å². The summed E-state index contributed by atoms with van der Waals surface area (Å²) in [7, 11) is -4.67. The first-order valence-electron chi connectivity index (χ1n) is 11.5. The number of aliphatic hydroxyl groups is 7. The molecule has 0 amide bonds. The lowest BCUT2D eigenvalue weighted by atomic mass is 9.84. The monoisotopic (exact) mass is 582 g/mol. The van der Waals surface area contributed by atoms with Crippen molar-refractivity contribution in [3.8, 4) is 0 Å². The van der Waals surface area contributed by atoms with Crippen LogP contribution in [0.1, 0.15) is 6.42 Å². The largest absolute Gasteiger partial charge is 0.394 e. The third-order valence-electron chi connectivity index (χ3n) is 6.48. The Morgan fingerprint density at radius 1 is 0.711 bits per heavy atom. The van der Waals surface area contributed by atoms with E-state index < -0.39 is 109 Å². The zero-order valence-corrected chi connectivity index (χ0v) is 20.8. The van der Waals surface area contributed by atoms with Crippen LogP contribution in [0.15, 0.2) is 0 Å².